The topological polar surface area (TPSA) is 68.4 Å². The van der Waals surface area contributed by atoms with E-state index in [4.69, 9.17) is 4.74 Å². The van der Waals surface area contributed by atoms with Crippen molar-refractivity contribution < 1.29 is 9.84 Å². The van der Waals surface area contributed by atoms with E-state index in [1.807, 2.05) is 30.3 Å². The van der Waals surface area contributed by atoms with E-state index in [9.17, 15) is 9.90 Å². The number of benzene rings is 2. The molecule has 1 atom stereocenters. The van der Waals surface area contributed by atoms with Gasteiger partial charge in [-0.25, -0.2) is 4.79 Å². The van der Waals surface area contributed by atoms with Gasteiger partial charge in [0.1, 0.15) is 18.5 Å². The SMILES string of the molecule is Cn1c(=O)n(C)c2cc(C(O)COc3ccc(CNC4CCCCCCC4)cc3)ccc21. The molecule has 0 radical (unpaired) electrons. The third-order valence-electron chi connectivity index (χ3n) is 6.71. The third-order valence-corrected chi connectivity index (χ3v) is 6.71. The predicted molar refractivity (Wildman–Crippen MR) is 128 cm³/mol. The normalized spacial score (nSPS) is 16.6. The molecule has 0 bridgehead atoms. The van der Waals surface area contributed by atoms with Crippen LogP contribution in [0.4, 0.5) is 0 Å². The molecule has 2 aromatic carbocycles. The highest BCUT2D eigenvalue weighted by molar-refractivity contribution is 5.76. The zero-order chi connectivity index (χ0) is 22.5. The van der Waals surface area contributed by atoms with Crippen LogP contribution in [0.3, 0.4) is 0 Å². The third kappa shape index (κ3) is 5.25. The number of nitrogens with zero attached hydrogens (tertiary/aromatic N) is 2. The average Bonchev–Trinajstić information content (AvgIpc) is 3.01. The molecule has 3 aromatic rings. The van der Waals surface area contributed by atoms with Crippen molar-refractivity contribution in [3.63, 3.8) is 0 Å². The van der Waals surface area contributed by atoms with Crippen molar-refractivity contribution in [2.24, 2.45) is 14.1 Å². The molecule has 0 amide bonds. The van der Waals surface area contributed by atoms with Crippen LogP contribution in [0.5, 0.6) is 5.75 Å². The summed E-state index contributed by atoms with van der Waals surface area (Å²) in [6.45, 7) is 1.04. The van der Waals surface area contributed by atoms with Gasteiger partial charge in [-0.05, 0) is 48.2 Å². The highest BCUT2D eigenvalue weighted by Gasteiger charge is 2.14. The van der Waals surface area contributed by atoms with E-state index in [0.717, 1.165) is 28.9 Å². The van der Waals surface area contributed by atoms with Crippen LogP contribution in [-0.2, 0) is 20.6 Å². The quantitative estimate of drug-likeness (QED) is 0.582. The van der Waals surface area contributed by atoms with Crippen molar-refractivity contribution in [1.29, 1.82) is 0 Å². The Hall–Kier alpha value is -2.57. The van der Waals surface area contributed by atoms with Gasteiger partial charge in [0.25, 0.3) is 0 Å². The second-order valence-electron chi connectivity index (χ2n) is 9.04. The van der Waals surface area contributed by atoms with E-state index < -0.39 is 6.10 Å². The number of aliphatic hydroxyl groups excluding tert-OH is 1. The summed E-state index contributed by atoms with van der Waals surface area (Å²) in [4.78, 5) is 12.1. The summed E-state index contributed by atoms with van der Waals surface area (Å²) >= 11 is 0. The van der Waals surface area contributed by atoms with Crippen molar-refractivity contribution in [2.75, 3.05) is 6.61 Å². The standard InChI is InChI=1S/C26H35N3O3/c1-28-23-15-12-20(16-24(23)29(2)26(28)31)25(30)18-32-22-13-10-19(11-14-22)17-27-21-8-6-4-3-5-7-9-21/h10-16,21,25,27,30H,3-9,17-18H2,1-2H3. The Morgan fingerprint density at radius 3 is 2.34 bits per heavy atom. The highest BCUT2D eigenvalue weighted by atomic mass is 16.5. The van der Waals surface area contributed by atoms with Gasteiger partial charge >= 0.3 is 5.69 Å². The number of ether oxygens (including phenoxy) is 1. The molecule has 1 heterocycles. The van der Waals surface area contributed by atoms with Crippen LogP contribution in [0.25, 0.3) is 11.0 Å². The van der Waals surface area contributed by atoms with E-state index in [0.29, 0.717) is 6.04 Å². The maximum absolute atomic E-state index is 12.1. The second kappa shape index (κ2) is 10.4. The van der Waals surface area contributed by atoms with Gasteiger partial charge in [-0.3, -0.25) is 9.13 Å². The summed E-state index contributed by atoms with van der Waals surface area (Å²) in [5.74, 6) is 0.743. The van der Waals surface area contributed by atoms with Crippen LogP contribution in [-0.4, -0.2) is 26.9 Å². The van der Waals surface area contributed by atoms with Crippen LogP contribution < -0.4 is 15.7 Å². The number of hydrogen-bond donors (Lipinski definition) is 2. The minimum Gasteiger partial charge on any atom is -0.491 e. The largest absolute Gasteiger partial charge is 0.491 e. The molecule has 1 aromatic heterocycles. The first-order valence-corrected chi connectivity index (χ1v) is 11.8. The summed E-state index contributed by atoms with van der Waals surface area (Å²) < 4.78 is 9.03. The molecule has 1 aliphatic rings. The first kappa shape index (κ1) is 22.6. The lowest BCUT2D eigenvalue weighted by Crippen LogP contribution is -2.29. The number of nitrogens with one attached hydrogen (secondary N) is 1. The van der Waals surface area contributed by atoms with Crippen LogP contribution >= 0.6 is 0 Å². The lowest BCUT2D eigenvalue weighted by Gasteiger charge is -2.21. The summed E-state index contributed by atoms with van der Waals surface area (Å²) in [5.41, 5.74) is 3.55. The molecule has 1 unspecified atom stereocenters. The second-order valence-corrected chi connectivity index (χ2v) is 9.04. The van der Waals surface area contributed by atoms with Crippen molar-refractivity contribution >= 4 is 11.0 Å². The van der Waals surface area contributed by atoms with E-state index in [1.54, 1.807) is 23.2 Å². The number of fused-ring (bicyclic) bond motifs is 1. The Morgan fingerprint density at radius 2 is 1.62 bits per heavy atom. The van der Waals surface area contributed by atoms with E-state index in [-0.39, 0.29) is 12.3 Å². The lowest BCUT2D eigenvalue weighted by molar-refractivity contribution is 0.108. The minimum absolute atomic E-state index is 0.0768. The molecule has 1 fully saturated rings. The molecule has 0 saturated heterocycles. The smallest absolute Gasteiger partial charge is 0.328 e. The summed E-state index contributed by atoms with van der Waals surface area (Å²) in [7, 11) is 3.49. The molecule has 2 N–H and O–H groups in total. The number of hydrogen-bond acceptors (Lipinski definition) is 4. The van der Waals surface area contributed by atoms with Gasteiger partial charge in [-0.15, -0.1) is 0 Å². The fourth-order valence-electron chi connectivity index (χ4n) is 4.63. The zero-order valence-corrected chi connectivity index (χ0v) is 19.2. The summed E-state index contributed by atoms with van der Waals surface area (Å²) in [5, 5.41) is 14.3. The van der Waals surface area contributed by atoms with E-state index >= 15 is 0 Å². The van der Waals surface area contributed by atoms with Crippen molar-refractivity contribution in [3.05, 3.63) is 64.1 Å². The monoisotopic (exact) mass is 437 g/mol. The number of rotatable bonds is 7. The Labute approximate surface area is 189 Å². The van der Waals surface area contributed by atoms with Crippen LogP contribution in [0.1, 0.15) is 62.2 Å². The van der Waals surface area contributed by atoms with Crippen molar-refractivity contribution in [3.8, 4) is 5.75 Å². The number of aliphatic hydroxyl groups is 1. The first-order chi connectivity index (χ1) is 15.5. The highest BCUT2D eigenvalue weighted by Crippen LogP contribution is 2.22. The molecule has 172 valence electrons. The van der Waals surface area contributed by atoms with Gasteiger partial charge < -0.3 is 15.2 Å². The maximum Gasteiger partial charge on any atom is 0.328 e. The molecule has 0 spiro atoms. The van der Waals surface area contributed by atoms with Gasteiger partial charge in [0.05, 0.1) is 11.0 Å². The van der Waals surface area contributed by atoms with Crippen LogP contribution in [0, 0.1) is 0 Å². The van der Waals surface area contributed by atoms with Gasteiger partial charge in [0.15, 0.2) is 0 Å². The zero-order valence-electron chi connectivity index (χ0n) is 19.2. The molecule has 0 aliphatic heterocycles. The van der Waals surface area contributed by atoms with E-state index in [1.165, 1.54) is 50.5 Å². The number of aromatic nitrogens is 2. The Kier molecular flexibility index (Phi) is 7.33. The van der Waals surface area contributed by atoms with Crippen LogP contribution in [0.2, 0.25) is 0 Å². The van der Waals surface area contributed by atoms with Gasteiger partial charge in [-0.1, -0.05) is 50.3 Å². The summed E-state index contributed by atoms with van der Waals surface area (Å²) in [6.07, 6.45) is 8.59. The number of imidazole rings is 1. The average molecular weight is 438 g/mol. The van der Waals surface area contributed by atoms with Crippen molar-refractivity contribution in [2.45, 2.75) is 63.6 Å². The van der Waals surface area contributed by atoms with Crippen molar-refractivity contribution in [1.82, 2.24) is 14.5 Å². The minimum atomic E-state index is -0.768. The molecule has 1 saturated carbocycles. The van der Waals surface area contributed by atoms with Gasteiger partial charge in [0, 0.05) is 26.7 Å². The molecular formula is C26H35N3O3. The molecule has 1 aliphatic carbocycles. The van der Waals surface area contributed by atoms with Crippen LogP contribution in [0.15, 0.2) is 47.3 Å². The first-order valence-electron chi connectivity index (χ1n) is 11.8. The predicted octanol–water partition coefficient (Wildman–Crippen LogP) is 4.19. The molecular weight excluding hydrogens is 402 g/mol. The number of aryl methyl sites for hydroxylation is 2. The fourth-order valence-corrected chi connectivity index (χ4v) is 4.63. The fraction of sp³-hybridized carbons (Fsp3) is 0.500. The van der Waals surface area contributed by atoms with Gasteiger partial charge in [0.2, 0.25) is 0 Å². The molecule has 6 heteroatoms. The Balaban J connectivity index is 1.30. The lowest BCUT2D eigenvalue weighted by atomic mass is 9.96. The Morgan fingerprint density at radius 1 is 0.969 bits per heavy atom. The maximum atomic E-state index is 12.1. The molecule has 32 heavy (non-hydrogen) atoms. The Bertz CT molecular complexity index is 1080. The summed E-state index contributed by atoms with van der Waals surface area (Å²) in [6, 6.07) is 14.3. The molecule has 4 rings (SSSR count). The van der Waals surface area contributed by atoms with Gasteiger partial charge in [-0.2, -0.15) is 0 Å². The van der Waals surface area contributed by atoms with E-state index in [2.05, 4.69) is 17.4 Å². The molecule has 6 nitrogen and oxygen atoms in total.